The predicted octanol–water partition coefficient (Wildman–Crippen LogP) is 1.47. The number of carbonyl (C=O) groups is 1. The molecule has 0 spiro atoms. The molecule has 0 aromatic carbocycles. The van der Waals surface area contributed by atoms with Gasteiger partial charge in [0.1, 0.15) is 0 Å². The lowest BCUT2D eigenvalue weighted by atomic mass is 10.2. The molecule has 2 heterocycles. The summed E-state index contributed by atoms with van der Waals surface area (Å²) in [7, 11) is 0. The maximum atomic E-state index is 12.2. The Hall–Kier alpha value is -1.13. The second kappa shape index (κ2) is 5.47. The number of morpholine rings is 1. The molecule has 0 radical (unpaired) electrons. The van der Waals surface area contributed by atoms with E-state index < -0.39 is 0 Å². The second-order valence-electron chi connectivity index (χ2n) is 4.08. The van der Waals surface area contributed by atoms with Crippen molar-refractivity contribution in [1.29, 1.82) is 0 Å². The minimum Gasteiger partial charge on any atom is -0.373 e. The van der Waals surface area contributed by atoms with Gasteiger partial charge >= 0.3 is 0 Å². The predicted molar refractivity (Wildman–Crippen MR) is 65.3 cm³/mol. The van der Waals surface area contributed by atoms with Gasteiger partial charge in [-0.3, -0.25) is 9.78 Å². The van der Waals surface area contributed by atoms with E-state index in [-0.39, 0.29) is 12.0 Å². The number of alkyl halides is 1. The maximum Gasteiger partial charge on any atom is 0.254 e. The fraction of sp³-hybridized carbons (Fsp3) is 0.500. The number of rotatable bonds is 2. The third kappa shape index (κ3) is 2.96. The van der Waals surface area contributed by atoms with Gasteiger partial charge in [-0.1, -0.05) is 0 Å². The lowest BCUT2D eigenvalue weighted by molar-refractivity contribution is -0.0108. The van der Waals surface area contributed by atoms with Crippen LogP contribution in [-0.4, -0.2) is 47.5 Å². The molecule has 1 aromatic rings. The van der Waals surface area contributed by atoms with Crippen molar-refractivity contribution in [1.82, 2.24) is 9.88 Å². The van der Waals surface area contributed by atoms with E-state index in [0.29, 0.717) is 31.1 Å². The van der Waals surface area contributed by atoms with Crippen molar-refractivity contribution >= 4 is 17.5 Å². The summed E-state index contributed by atoms with van der Waals surface area (Å²) in [5, 5.41) is 0. The van der Waals surface area contributed by atoms with Gasteiger partial charge in [-0.05, 0) is 19.1 Å². The fourth-order valence-corrected chi connectivity index (χ4v) is 2.05. The van der Waals surface area contributed by atoms with Crippen molar-refractivity contribution < 1.29 is 9.53 Å². The van der Waals surface area contributed by atoms with E-state index in [1.165, 1.54) is 0 Å². The number of amides is 1. The molecule has 1 atom stereocenters. The number of aromatic nitrogens is 1. The van der Waals surface area contributed by atoms with Gasteiger partial charge in [-0.15, -0.1) is 11.6 Å². The molecule has 0 saturated carbocycles. The summed E-state index contributed by atoms with van der Waals surface area (Å²) in [6.45, 7) is 3.60. The van der Waals surface area contributed by atoms with E-state index in [2.05, 4.69) is 4.98 Å². The van der Waals surface area contributed by atoms with Crippen LogP contribution in [0.3, 0.4) is 0 Å². The zero-order valence-corrected chi connectivity index (χ0v) is 10.5. The highest BCUT2D eigenvalue weighted by atomic mass is 35.5. The molecule has 0 N–H and O–H groups in total. The van der Waals surface area contributed by atoms with E-state index in [0.717, 1.165) is 5.69 Å². The van der Waals surface area contributed by atoms with Gasteiger partial charge in [0.15, 0.2) is 0 Å². The van der Waals surface area contributed by atoms with Gasteiger partial charge in [0.05, 0.1) is 18.6 Å². The molecule has 1 saturated heterocycles. The van der Waals surface area contributed by atoms with Crippen LogP contribution in [0, 0.1) is 6.92 Å². The minimum atomic E-state index is -0.0581. The van der Waals surface area contributed by atoms with Gasteiger partial charge in [0.2, 0.25) is 0 Å². The van der Waals surface area contributed by atoms with Crippen molar-refractivity contribution in [3.63, 3.8) is 0 Å². The second-order valence-corrected chi connectivity index (χ2v) is 4.39. The van der Waals surface area contributed by atoms with Crippen LogP contribution in [0.15, 0.2) is 18.3 Å². The molecule has 0 bridgehead atoms. The summed E-state index contributed by atoms with van der Waals surface area (Å²) in [4.78, 5) is 18.1. The van der Waals surface area contributed by atoms with Crippen LogP contribution in [0.1, 0.15) is 16.1 Å². The molecule has 1 fully saturated rings. The average molecular weight is 255 g/mol. The van der Waals surface area contributed by atoms with Gasteiger partial charge in [-0.25, -0.2) is 0 Å². The number of halogens is 1. The van der Waals surface area contributed by atoms with Crippen molar-refractivity contribution in [2.24, 2.45) is 0 Å². The highest BCUT2D eigenvalue weighted by Gasteiger charge is 2.24. The fourth-order valence-electron chi connectivity index (χ4n) is 1.86. The molecular formula is C12H15ClN2O2. The monoisotopic (exact) mass is 254 g/mol. The Morgan fingerprint density at radius 1 is 1.71 bits per heavy atom. The third-order valence-corrected chi connectivity index (χ3v) is 3.09. The number of ether oxygens (including phenoxy) is 1. The largest absolute Gasteiger partial charge is 0.373 e. The Kier molecular flexibility index (Phi) is 3.97. The van der Waals surface area contributed by atoms with Crippen LogP contribution in [0.25, 0.3) is 0 Å². The standard InChI is InChI=1S/C12H15ClN2O2/c1-9-6-10(2-3-14-9)12(16)15-4-5-17-11(7-13)8-15/h2-3,6,11H,4-5,7-8H2,1H3. The molecule has 2 rings (SSSR count). The van der Waals surface area contributed by atoms with Crippen LogP contribution < -0.4 is 0 Å². The number of carbonyl (C=O) groups excluding carboxylic acids is 1. The molecule has 4 nitrogen and oxygen atoms in total. The molecule has 1 aromatic heterocycles. The van der Waals surface area contributed by atoms with Crippen LogP contribution in [-0.2, 0) is 4.74 Å². The Bertz CT molecular complexity index is 411. The molecule has 5 heteroatoms. The first-order valence-corrected chi connectivity index (χ1v) is 6.13. The van der Waals surface area contributed by atoms with Crippen molar-refractivity contribution in [3.8, 4) is 0 Å². The van der Waals surface area contributed by atoms with Gasteiger partial charge in [0, 0.05) is 30.5 Å². The van der Waals surface area contributed by atoms with E-state index in [4.69, 9.17) is 16.3 Å². The average Bonchev–Trinajstić information content (AvgIpc) is 2.38. The Labute approximate surface area is 106 Å². The van der Waals surface area contributed by atoms with Crippen LogP contribution in [0.5, 0.6) is 0 Å². The van der Waals surface area contributed by atoms with Gasteiger partial charge in [0.25, 0.3) is 5.91 Å². The quantitative estimate of drug-likeness (QED) is 0.751. The first-order valence-electron chi connectivity index (χ1n) is 5.60. The zero-order chi connectivity index (χ0) is 12.3. The summed E-state index contributed by atoms with van der Waals surface area (Å²) >= 11 is 5.75. The maximum absolute atomic E-state index is 12.2. The highest BCUT2D eigenvalue weighted by molar-refractivity contribution is 6.18. The molecule has 0 aliphatic carbocycles. The van der Waals surface area contributed by atoms with E-state index in [1.54, 1.807) is 23.2 Å². The van der Waals surface area contributed by atoms with E-state index >= 15 is 0 Å². The smallest absolute Gasteiger partial charge is 0.254 e. The number of hydrogen-bond acceptors (Lipinski definition) is 3. The van der Waals surface area contributed by atoms with Gasteiger partial charge < -0.3 is 9.64 Å². The van der Waals surface area contributed by atoms with Crippen LogP contribution in [0.2, 0.25) is 0 Å². The summed E-state index contributed by atoms with van der Waals surface area (Å²) in [6, 6.07) is 3.54. The number of aryl methyl sites for hydroxylation is 1. The van der Waals surface area contributed by atoms with Gasteiger partial charge in [-0.2, -0.15) is 0 Å². The first-order chi connectivity index (χ1) is 8.20. The molecule has 92 valence electrons. The third-order valence-electron chi connectivity index (χ3n) is 2.74. The molecule has 1 amide bonds. The molecule has 17 heavy (non-hydrogen) atoms. The lowest BCUT2D eigenvalue weighted by Gasteiger charge is -2.32. The summed E-state index contributed by atoms with van der Waals surface area (Å²) in [5.74, 6) is 0.438. The number of hydrogen-bond donors (Lipinski definition) is 0. The van der Waals surface area contributed by atoms with E-state index in [1.807, 2.05) is 6.92 Å². The number of pyridine rings is 1. The van der Waals surface area contributed by atoms with Crippen molar-refractivity contribution in [2.45, 2.75) is 13.0 Å². The number of nitrogens with zero attached hydrogens (tertiary/aromatic N) is 2. The highest BCUT2D eigenvalue weighted by Crippen LogP contribution is 2.11. The molecule has 1 unspecified atom stereocenters. The normalized spacial score (nSPS) is 20.4. The summed E-state index contributed by atoms with van der Waals surface area (Å²) in [5.41, 5.74) is 1.52. The van der Waals surface area contributed by atoms with Crippen molar-refractivity contribution in [2.75, 3.05) is 25.6 Å². The Morgan fingerprint density at radius 3 is 3.24 bits per heavy atom. The zero-order valence-electron chi connectivity index (χ0n) is 9.73. The molecule has 1 aliphatic heterocycles. The Morgan fingerprint density at radius 2 is 2.53 bits per heavy atom. The van der Waals surface area contributed by atoms with Crippen LogP contribution in [0.4, 0.5) is 0 Å². The molecule has 1 aliphatic rings. The van der Waals surface area contributed by atoms with E-state index in [9.17, 15) is 4.79 Å². The summed E-state index contributed by atoms with van der Waals surface area (Å²) < 4.78 is 5.43. The van der Waals surface area contributed by atoms with Crippen molar-refractivity contribution in [3.05, 3.63) is 29.6 Å². The SMILES string of the molecule is Cc1cc(C(=O)N2CCOC(CCl)C2)ccn1. The summed E-state index contributed by atoms with van der Waals surface area (Å²) in [6.07, 6.45) is 1.60. The first kappa shape index (κ1) is 12.3. The minimum absolute atomic E-state index is 0.0221. The van der Waals surface area contributed by atoms with Crippen LogP contribution >= 0.6 is 11.6 Å². The lowest BCUT2D eigenvalue weighted by Crippen LogP contribution is -2.46. The topological polar surface area (TPSA) is 42.4 Å². The Balaban J connectivity index is 2.09. The molecular weight excluding hydrogens is 240 g/mol.